The van der Waals surface area contributed by atoms with Crippen LogP contribution in [0.5, 0.6) is 5.75 Å². The summed E-state index contributed by atoms with van der Waals surface area (Å²) in [5.74, 6) is 0.390. The lowest BCUT2D eigenvalue weighted by Gasteiger charge is -2.22. The van der Waals surface area contributed by atoms with Gasteiger partial charge in [-0.1, -0.05) is 25.1 Å². The number of aromatic hydroxyl groups is 1. The molecule has 0 fully saturated rings. The van der Waals surface area contributed by atoms with Gasteiger partial charge >= 0.3 is 0 Å². The Morgan fingerprint density at radius 3 is 2.53 bits per heavy atom. The van der Waals surface area contributed by atoms with Crippen LogP contribution in [0.4, 0.5) is 0 Å². The van der Waals surface area contributed by atoms with Crippen molar-refractivity contribution in [1.82, 2.24) is 10.2 Å². The first-order valence-corrected chi connectivity index (χ1v) is 7.27. The van der Waals surface area contributed by atoms with Crippen molar-refractivity contribution in [3.05, 3.63) is 29.8 Å². The Hall–Kier alpha value is -1.06. The molecule has 0 aliphatic rings. The molecule has 0 amide bonds. The number of para-hydroxylation sites is 1. The number of hydrogen-bond acceptors (Lipinski definition) is 3. The summed E-state index contributed by atoms with van der Waals surface area (Å²) in [6, 6.07) is 8.43. The van der Waals surface area contributed by atoms with Gasteiger partial charge in [0.25, 0.3) is 0 Å². The quantitative estimate of drug-likeness (QED) is 0.708. The predicted octanol–water partition coefficient (Wildman–Crippen LogP) is 3.16. The number of hydrogen-bond donors (Lipinski definition) is 2. The van der Waals surface area contributed by atoms with E-state index in [1.165, 1.54) is 0 Å². The van der Waals surface area contributed by atoms with Gasteiger partial charge in [0.2, 0.25) is 0 Å². The van der Waals surface area contributed by atoms with Crippen molar-refractivity contribution in [1.29, 1.82) is 0 Å². The van der Waals surface area contributed by atoms with Crippen LogP contribution < -0.4 is 5.32 Å². The van der Waals surface area contributed by atoms with Crippen LogP contribution in [0, 0.1) is 0 Å². The Morgan fingerprint density at radius 2 is 1.95 bits per heavy atom. The van der Waals surface area contributed by atoms with E-state index in [1.807, 2.05) is 18.2 Å². The lowest BCUT2D eigenvalue weighted by atomic mass is 10.0. The number of nitrogens with zero attached hydrogens (tertiary/aromatic N) is 1. The second-order valence-electron chi connectivity index (χ2n) is 5.40. The van der Waals surface area contributed by atoms with Crippen LogP contribution in [0.3, 0.4) is 0 Å². The highest BCUT2D eigenvalue weighted by atomic mass is 16.3. The molecular formula is C16H28N2O. The lowest BCUT2D eigenvalue weighted by Crippen LogP contribution is -2.30. The van der Waals surface area contributed by atoms with Crippen LogP contribution in [0.1, 0.15) is 45.2 Å². The van der Waals surface area contributed by atoms with E-state index >= 15 is 0 Å². The standard InChI is InChI=1S/C16H28N2O/c1-5-15(14-9-6-7-10-16(14)19)17-11-8-12-18(4)13(2)3/h6-7,9-10,13,15,17,19H,5,8,11-12H2,1-4H3. The average molecular weight is 264 g/mol. The molecule has 1 atom stereocenters. The maximum absolute atomic E-state index is 9.88. The van der Waals surface area contributed by atoms with Crippen molar-refractivity contribution < 1.29 is 5.11 Å². The number of phenolic OH excluding ortho intramolecular Hbond substituents is 1. The zero-order chi connectivity index (χ0) is 14.3. The van der Waals surface area contributed by atoms with Gasteiger partial charge in [-0.3, -0.25) is 0 Å². The van der Waals surface area contributed by atoms with Gasteiger partial charge in [0.15, 0.2) is 0 Å². The molecule has 0 aliphatic carbocycles. The van der Waals surface area contributed by atoms with E-state index in [1.54, 1.807) is 6.07 Å². The van der Waals surface area contributed by atoms with Crippen LogP contribution in [-0.2, 0) is 0 Å². The molecule has 3 heteroatoms. The highest BCUT2D eigenvalue weighted by Crippen LogP contribution is 2.25. The fraction of sp³-hybridized carbons (Fsp3) is 0.625. The molecule has 0 spiro atoms. The summed E-state index contributed by atoms with van der Waals surface area (Å²) in [4.78, 5) is 2.35. The molecule has 0 aromatic heterocycles. The van der Waals surface area contributed by atoms with Crippen molar-refractivity contribution in [3.8, 4) is 5.75 Å². The van der Waals surface area contributed by atoms with Crippen LogP contribution in [0.2, 0.25) is 0 Å². The third kappa shape index (κ3) is 5.21. The Morgan fingerprint density at radius 1 is 1.26 bits per heavy atom. The van der Waals surface area contributed by atoms with Crippen molar-refractivity contribution in [2.75, 3.05) is 20.1 Å². The highest BCUT2D eigenvalue weighted by Gasteiger charge is 2.12. The van der Waals surface area contributed by atoms with Gasteiger partial charge in [-0.25, -0.2) is 0 Å². The summed E-state index contributed by atoms with van der Waals surface area (Å²) in [5.41, 5.74) is 1.00. The fourth-order valence-electron chi connectivity index (χ4n) is 2.12. The monoisotopic (exact) mass is 264 g/mol. The minimum atomic E-state index is 0.241. The van der Waals surface area contributed by atoms with Crippen LogP contribution in [0.25, 0.3) is 0 Å². The van der Waals surface area contributed by atoms with Crippen molar-refractivity contribution in [2.45, 2.75) is 45.7 Å². The van der Waals surface area contributed by atoms with E-state index in [4.69, 9.17) is 0 Å². The van der Waals surface area contributed by atoms with Crippen molar-refractivity contribution in [2.24, 2.45) is 0 Å². The van der Waals surface area contributed by atoms with E-state index in [-0.39, 0.29) is 6.04 Å². The summed E-state index contributed by atoms with van der Waals surface area (Å²) < 4.78 is 0. The normalized spacial score (nSPS) is 13.2. The SMILES string of the molecule is CCC(NCCCN(C)C(C)C)c1ccccc1O. The maximum Gasteiger partial charge on any atom is 0.120 e. The van der Waals surface area contributed by atoms with Gasteiger partial charge in [-0.05, 0) is 52.9 Å². The number of nitrogens with one attached hydrogen (secondary N) is 1. The van der Waals surface area contributed by atoms with Crippen molar-refractivity contribution in [3.63, 3.8) is 0 Å². The number of rotatable bonds is 8. The average Bonchev–Trinajstić information content (AvgIpc) is 2.39. The molecule has 0 saturated heterocycles. The van der Waals surface area contributed by atoms with Crippen molar-refractivity contribution >= 4 is 0 Å². The Balaban J connectivity index is 2.40. The van der Waals surface area contributed by atoms with Gasteiger partial charge in [0.05, 0.1) is 0 Å². The Kier molecular flexibility index (Phi) is 6.89. The Bertz CT molecular complexity index is 366. The third-order valence-electron chi connectivity index (χ3n) is 3.68. The van der Waals surface area contributed by atoms with Gasteiger partial charge in [-0.2, -0.15) is 0 Å². The minimum absolute atomic E-state index is 0.241. The van der Waals surface area contributed by atoms with E-state index < -0.39 is 0 Å². The zero-order valence-corrected chi connectivity index (χ0v) is 12.7. The van der Waals surface area contributed by atoms with Crippen LogP contribution >= 0.6 is 0 Å². The van der Waals surface area contributed by atoms with E-state index in [0.29, 0.717) is 11.8 Å². The van der Waals surface area contributed by atoms with Crippen LogP contribution in [-0.4, -0.2) is 36.2 Å². The molecule has 0 saturated carbocycles. The molecule has 1 rings (SSSR count). The summed E-state index contributed by atoms with van der Waals surface area (Å²) in [6.07, 6.45) is 2.11. The first-order valence-electron chi connectivity index (χ1n) is 7.27. The van der Waals surface area contributed by atoms with Gasteiger partial charge in [0, 0.05) is 17.6 Å². The maximum atomic E-state index is 9.88. The molecule has 1 aromatic carbocycles. The molecular weight excluding hydrogens is 236 g/mol. The number of phenols is 1. The fourth-order valence-corrected chi connectivity index (χ4v) is 2.12. The van der Waals surface area contributed by atoms with Gasteiger partial charge < -0.3 is 15.3 Å². The summed E-state index contributed by atoms with van der Waals surface area (Å²) in [6.45, 7) is 8.64. The highest BCUT2D eigenvalue weighted by molar-refractivity contribution is 5.34. The van der Waals surface area contributed by atoms with E-state index in [0.717, 1.165) is 31.5 Å². The summed E-state index contributed by atoms with van der Waals surface area (Å²) in [5, 5.41) is 13.4. The molecule has 2 N–H and O–H groups in total. The topological polar surface area (TPSA) is 35.5 Å². The first-order chi connectivity index (χ1) is 9.06. The lowest BCUT2D eigenvalue weighted by molar-refractivity contribution is 0.267. The second kappa shape index (κ2) is 8.18. The minimum Gasteiger partial charge on any atom is -0.508 e. The van der Waals surface area contributed by atoms with E-state index in [2.05, 4.69) is 38.0 Å². The first kappa shape index (κ1) is 16.0. The van der Waals surface area contributed by atoms with Gasteiger partial charge in [0.1, 0.15) is 5.75 Å². The molecule has 19 heavy (non-hydrogen) atoms. The molecule has 0 heterocycles. The molecule has 0 bridgehead atoms. The summed E-state index contributed by atoms with van der Waals surface area (Å²) >= 11 is 0. The number of benzene rings is 1. The predicted molar refractivity (Wildman–Crippen MR) is 81.5 cm³/mol. The van der Waals surface area contributed by atoms with E-state index in [9.17, 15) is 5.11 Å². The molecule has 0 radical (unpaired) electrons. The molecule has 108 valence electrons. The third-order valence-corrected chi connectivity index (χ3v) is 3.68. The Labute approximate surface area is 117 Å². The second-order valence-corrected chi connectivity index (χ2v) is 5.40. The molecule has 1 unspecified atom stereocenters. The molecule has 1 aromatic rings. The summed E-state index contributed by atoms with van der Waals surface area (Å²) in [7, 11) is 2.16. The molecule has 3 nitrogen and oxygen atoms in total. The largest absolute Gasteiger partial charge is 0.508 e. The van der Waals surface area contributed by atoms with Gasteiger partial charge in [-0.15, -0.1) is 0 Å². The smallest absolute Gasteiger partial charge is 0.120 e. The van der Waals surface area contributed by atoms with Crippen LogP contribution in [0.15, 0.2) is 24.3 Å². The zero-order valence-electron chi connectivity index (χ0n) is 12.7. The molecule has 0 aliphatic heterocycles.